The van der Waals surface area contributed by atoms with Gasteiger partial charge < -0.3 is 10.1 Å². The second kappa shape index (κ2) is 3.32. The summed E-state index contributed by atoms with van der Waals surface area (Å²) in [6, 6.07) is 6.06. The summed E-state index contributed by atoms with van der Waals surface area (Å²) in [6.45, 7) is 3.44. The van der Waals surface area contributed by atoms with Crippen molar-refractivity contribution in [2.75, 3.05) is 18.5 Å². The van der Waals surface area contributed by atoms with E-state index in [9.17, 15) is 4.79 Å². The van der Waals surface area contributed by atoms with Crippen LogP contribution in [0.25, 0.3) is 0 Å². The highest BCUT2D eigenvalue weighted by Gasteiger charge is 2.48. The van der Waals surface area contributed by atoms with E-state index in [1.165, 1.54) is 11.1 Å². The Morgan fingerprint density at radius 1 is 1.31 bits per heavy atom. The van der Waals surface area contributed by atoms with E-state index in [1.54, 1.807) is 0 Å². The van der Waals surface area contributed by atoms with Gasteiger partial charge in [0.2, 0.25) is 5.91 Å². The van der Waals surface area contributed by atoms with E-state index < -0.39 is 0 Å². The van der Waals surface area contributed by atoms with Gasteiger partial charge in [-0.15, -0.1) is 0 Å². The minimum atomic E-state index is -0.321. The molecule has 1 aromatic rings. The summed E-state index contributed by atoms with van der Waals surface area (Å²) in [5.41, 5.74) is 3.08. The molecule has 0 aliphatic carbocycles. The van der Waals surface area contributed by atoms with Crippen LogP contribution in [0.2, 0.25) is 0 Å². The van der Waals surface area contributed by atoms with Crippen molar-refractivity contribution in [3.8, 4) is 0 Å². The molecule has 1 amide bonds. The van der Waals surface area contributed by atoms with E-state index in [0.29, 0.717) is 13.2 Å². The molecule has 3 heteroatoms. The van der Waals surface area contributed by atoms with Gasteiger partial charge in [-0.25, -0.2) is 0 Å². The number of hydrogen-bond donors (Lipinski definition) is 1. The van der Waals surface area contributed by atoms with E-state index in [1.807, 2.05) is 12.1 Å². The zero-order valence-electron chi connectivity index (χ0n) is 9.38. The van der Waals surface area contributed by atoms with Crippen molar-refractivity contribution in [3.05, 3.63) is 29.3 Å². The topological polar surface area (TPSA) is 38.3 Å². The molecule has 1 fully saturated rings. The van der Waals surface area contributed by atoms with Gasteiger partial charge in [-0.05, 0) is 37.0 Å². The van der Waals surface area contributed by atoms with Gasteiger partial charge in [0.15, 0.2) is 0 Å². The van der Waals surface area contributed by atoms with E-state index in [4.69, 9.17) is 4.74 Å². The molecule has 0 aromatic heterocycles. The quantitative estimate of drug-likeness (QED) is 0.721. The molecule has 1 spiro atoms. The molecule has 0 unspecified atom stereocenters. The fraction of sp³-hybridized carbons (Fsp3) is 0.462. The van der Waals surface area contributed by atoms with Gasteiger partial charge in [-0.3, -0.25) is 4.79 Å². The van der Waals surface area contributed by atoms with Crippen molar-refractivity contribution in [2.45, 2.75) is 25.2 Å². The molecule has 1 saturated heterocycles. The highest BCUT2D eigenvalue weighted by molar-refractivity contribution is 6.06. The van der Waals surface area contributed by atoms with Crippen LogP contribution >= 0.6 is 0 Å². The molecule has 84 valence electrons. The summed E-state index contributed by atoms with van der Waals surface area (Å²) in [5, 5.41) is 3.00. The number of amides is 1. The van der Waals surface area contributed by atoms with E-state index in [2.05, 4.69) is 18.3 Å². The van der Waals surface area contributed by atoms with Gasteiger partial charge in [0, 0.05) is 18.9 Å². The summed E-state index contributed by atoms with van der Waals surface area (Å²) < 4.78 is 5.38. The smallest absolute Gasteiger partial charge is 0.235 e. The Kier molecular flexibility index (Phi) is 2.04. The van der Waals surface area contributed by atoms with Gasteiger partial charge in [0.1, 0.15) is 0 Å². The van der Waals surface area contributed by atoms with Gasteiger partial charge in [0.25, 0.3) is 0 Å². The van der Waals surface area contributed by atoms with Crippen LogP contribution in [0, 0.1) is 6.92 Å². The molecule has 2 aliphatic rings. The van der Waals surface area contributed by atoms with Gasteiger partial charge in [-0.1, -0.05) is 12.1 Å². The summed E-state index contributed by atoms with van der Waals surface area (Å²) in [7, 11) is 0. The third-order valence-electron chi connectivity index (χ3n) is 3.78. The highest BCUT2D eigenvalue weighted by Crippen LogP contribution is 2.45. The standard InChI is InChI=1S/C13H15NO2/c1-9-3-2-4-10-11(9)13(12(15)14-10)5-7-16-8-6-13/h2-4H,5-8H2,1H3,(H,14,15). The Labute approximate surface area is 94.8 Å². The Morgan fingerprint density at radius 2 is 2.06 bits per heavy atom. The molecule has 16 heavy (non-hydrogen) atoms. The zero-order valence-corrected chi connectivity index (χ0v) is 9.38. The third kappa shape index (κ3) is 1.15. The number of fused-ring (bicyclic) bond motifs is 2. The van der Waals surface area contributed by atoms with Crippen LogP contribution in [0.3, 0.4) is 0 Å². The molecule has 2 heterocycles. The molecular weight excluding hydrogens is 202 g/mol. The lowest BCUT2D eigenvalue weighted by molar-refractivity contribution is -0.124. The maximum absolute atomic E-state index is 12.2. The number of nitrogens with one attached hydrogen (secondary N) is 1. The first-order valence-electron chi connectivity index (χ1n) is 5.73. The van der Waals surface area contributed by atoms with Crippen molar-refractivity contribution >= 4 is 11.6 Å². The molecule has 1 aromatic carbocycles. The number of rotatable bonds is 0. The van der Waals surface area contributed by atoms with Crippen LogP contribution in [0.15, 0.2) is 18.2 Å². The fourth-order valence-corrected chi connectivity index (χ4v) is 2.96. The lowest BCUT2D eigenvalue weighted by Crippen LogP contribution is -2.40. The van der Waals surface area contributed by atoms with Crippen molar-refractivity contribution in [1.82, 2.24) is 0 Å². The van der Waals surface area contributed by atoms with Crippen LogP contribution < -0.4 is 5.32 Å². The number of ether oxygens (including phenoxy) is 1. The van der Waals surface area contributed by atoms with Gasteiger partial charge in [-0.2, -0.15) is 0 Å². The predicted octanol–water partition coefficient (Wildman–Crippen LogP) is 2.00. The molecule has 1 N–H and O–H groups in total. The van der Waals surface area contributed by atoms with Crippen LogP contribution in [0.4, 0.5) is 5.69 Å². The van der Waals surface area contributed by atoms with Gasteiger partial charge in [0.05, 0.1) is 5.41 Å². The molecule has 0 atom stereocenters. The monoisotopic (exact) mass is 217 g/mol. The van der Waals surface area contributed by atoms with Crippen LogP contribution in [0.5, 0.6) is 0 Å². The molecular formula is C13H15NO2. The molecule has 2 aliphatic heterocycles. The van der Waals surface area contributed by atoms with Crippen LogP contribution in [0.1, 0.15) is 24.0 Å². The van der Waals surface area contributed by atoms with Crippen molar-refractivity contribution < 1.29 is 9.53 Å². The first-order valence-corrected chi connectivity index (χ1v) is 5.73. The molecule has 3 nitrogen and oxygen atoms in total. The predicted molar refractivity (Wildman–Crippen MR) is 61.5 cm³/mol. The van der Waals surface area contributed by atoms with Crippen molar-refractivity contribution in [2.24, 2.45) is 0 Å². The highest BCUT2D eigenvalue weighted by atomic mass is 16.5. The fourth-order valence-electron chi connectivity index (χ4n) is 2.96. The Hall–Kier alpha value is -1.35. The summed E-state index contributed by atoms with van der Waals surface area (Å²) >= 11 is 0. The van der Waals surface area contributed by atoms with E-state index >= 15 is 0 Å². The Balaban J connectivity index is 2.17. The number of anilines is 1. The number of aryl methyl sites for hydroxylation is 1. The normalized spacial score (nSPS) is 21.9. The first-order chi connectivity index (χ1) is 7.74. The van der Waals surface area contributed by atoms with E-state index in [-0.39, 0.29) is 11.3 Å². The van der Waals surface area contributed by atoms with Crippen LogP contribution in [-0.4, -0.2) is 19.1 Å². The second-order valence-electron chi connectivity index (χ2n) is 4.65. The number of carbonyl (C=O) groups is 1. The molecule has 0 radical (unpaired) electrons. The van der Waals surface area contributed by atoms with E-state index in [0.717, 1.165) is 18.5 Å². The zero-order chi connectivity index (χ0) is 11.2. The minimum absolute atomic E-state index is 0.153. The summed E-state index contributed by atoms with van der Waals surface area (Å²) in [5.74, 6) is 0.153. The lowest BCUT2D eigenvalue weighted by Gasteiger charge is -2.32. The molecule has 0 bridgehead atoms. The largest absolute Gasteiger partial charge is 0.381 e. The SMILES string of the molecule is Cc1cccc2c1C1(CCOCC1)C(=O)N2. The molecule has 3 rings (SSSR count). The maximum atomic E-state index is 12.2. The van der Waals surface area contributed by atoms with Crippen molar-refractivity contribution in [3.63, 3.8) is 0 Å². The first kappa shape index (κ1) is 9.85. The van der Waals surface area contributed by atoms with Crippen molar-refractivity contribution in [1.29, 1.82) is 0 Å². The Morgan fingerprint density at radius 3 is 2.81 bits per heavy atom. The number of hydrogen-bond acceptors (Lipinski definition) is 2. The number of benzene rings is 1. The summed E-state index contributed by atoms with van der Waals surface area (Å²) in [4.78, 5) is 12.2. The lowest BCUT2D eigenvalue weighted by atomic mass is 9.73. The second-order valence-corrected chi connectivity index (χ2v) is 4.65. The van der Waals surface area contributed by atoms with Crippen LogP contribution in [-0.2, 0) is 14.9 Å². The third-order valence-corrected chi connectivity index (χ3v) is 3.78. The van der Waals surface area contributed by atoms with Gasteiger partial charge >= 0.3 is 0 Å². The maximum Gasteiger partial charge on any atom is 0.235 e. The summed E-state index contributed by atoms with van der Waals surface area (Å²) in [6.07, 6.45) is 1.60. The minimum Gasteiger partial charge on any atom is -0.381 e. The average Bonchev–Trinajstić information content (AvgIpc) is 2.55. The number of carbonyl (C=O) groups excluding carboxylic acids is 1. The molecule has 0 saturated carbocycles. The average molecular weight is 217 g/mol. The Bertz CT molecular complexity index is 447.